The Morgan fingerprint density at radius 1 is 1.55 bits per heavy atom. The summed E-state index contributed by atoms with van der Waals surface area (Å²) in [6.07, 6.45) is 0.678. The van der Waals surface area contributed by atoms with Crippen molar-refractivity contribution in [3.63, 3.8) is 0 Å². The van der Waals surface area contributed by atoms with Gasteiger partial charge in [0.15, 0.2) is 0 Å². The second kappa shape index (κ2) is 4.66. The van der Waals surface area contributed by atoms with Crippen molar-refractivity contribution in [2.45, 2.75) is 6.42 Å². The fourth-order valence-corrected chi connectivity index (χ4v) is 1.27. The van der Waals surface area contributed by atoms with Gasteiger partial charge < -0.3 is 5.73 Å². The first-order valence-corrected chi connectivity index (χ1v) is 4.83. The number of nitrogens with one attached hydrogen (secondary N) is 1. The third-order valence-electron chi connectivity index (χ3n) is 1.35. The highest BCUT2D eigenvalue weighted by Crippen LogP contribution is 1.92. The molecule has 11 heavy (non-hydrogen) atoms. The van der Waals surface area contributed by atoms with Crippen molar-refractivity contribution in [3.8, 4) is 0 Å². The number of nitrogens with two attached hydrogens (primary N) is 1. The molecule has 0 saturated heterocycles. The van der Waals surface area contributed by atoms with Crippen LogP contribution in [-0.2, 0) is 10.2 Å². The standard InChI is InChI=1S/C5H15N3O2S/c1-7-11(9,10)8(2)5-3-4-6/h7H,3-6H2,1-2H3. The summed E-state index contributed by atoms with van der Waals surface area (Å²) in [4.78, 5) is 0. The van der Waals surface area contributed by atoms with Crippen LogP contribution in [0, 0.1) is 0 Å². The highest BCUT2D eigenvalue weighted by Gasteiger charge is 2.12. The Kier molecular flexibility index (Phi) is 4.58. The molecule has 0 aromatic rings. The fraction of sp³-hybridized carbons (Fsp3) is 1.00. The van der Waals surface area contributed by atoms with Gasteiger partial charge in [0.25, 0.3) is 10.2 Å². The summed E-state index contributed by atoms with van der Waals surface area (Å²) in [5.74, 6) is 0. The van der Waals surface area contributed by atoms with Crippen molar-refractivity contribution in [1.29, 1.82) is 0 Å². The summed E-state index contributed by atoms with van der Waals surface area (Å²) in [7, 11) is -0.344. The van der Waals surface area contributed by atoms with Gasteiger partial charge in [-0.3, -0.25) is 0 Å². The molecule has 0 unspecified atom stereocenters. The maximum absolute atomic E-state index is 11.0. The second-order valence-corrected chi connectivity index (χ2v) is 4.15. The minimum absolute atomic E-state index is 0.458. The van der Waals surface area contributed by atoms with Crippen LogP contribution in [0.4, 0.5) is 0 Å². The van der Waals surface area contributed by atoms with Crippen molar-refractivity contribution in [3.05, 3.63) is 0 Å². The zero-order valence-electron chi connectivity index (χ0n) is 6.87. The van der Waals surface area contributed by atoms with E-state index in [2.05, 4.69) is 4.72 Å². The molecule has 3 N–H and O–H groups in total. The van der Waals surface area contributed by atoms with Crippen LogP contribution >= 0.6 is 0 Å². The number of hydrogen-bond donors (Lipinski definition) is 2. The van der Waals surface area contributed by atoms with E-state index in [4.69, 9.17) is 5.73 Å². The molecule has 0 rings (SSSR count). The van der Waals surface area contributed by atoms with Crippen LogP contribution in [0.1, 0.15) is 6.42 Å². The molecular formula is C5H15N3O2S. The third kappa shape index (κ3) is 3.66. The van der Waals surface area contributed by atoms with Crippen molar-refractivity contribution in [2.24, 2.45) is 5.73 Å². The Bertz CT molecular complexity index is 190. The molecule has 0 aromatic carbocycles. The summed E-state index contributed by atoms with van der Waals surface area (Å²) < 4.78 is 25.4. The quantitative estimate of drug-likeness (QED) is 0.555. The minimum atomic E-state index is -3.24. The topological polar surface area (TPSA) is 75.4 Å². The van der Waals surface area contributed by atoms with Crippen molar-refractivity contribution in [1.82, 2.24) is 9.03 Å². The van der Waals surface area contributed by atoms with Gasteiger partial charge in [-0.2, -0.15) is 12.7 Å². The lowest BCUT2D eigenvalue weighted by Gasteiger charge is -2.14. The monoisotopic (exact) mass is 181 g/mol. The van der Waals surface area contributed by atoms with Gasteiger partial charge in [-0.25, -0.2) is 4.72 Å². The van der Waals surface area contributed by atoms with Crippen LogP contribution in [0.15, 0.2) is 0 Å². The zero-order chi connectivity index (χ0) is 8.91. The van der Waals surface area contributed by atoms with Gasteiger partial charge in [0.1, 0.15) is 0 Å². The van der Waals surface area contributed by atoms with Crippen LogP contribution in [-0.4, -0.2) is 39.9 Å². The molecule has 0 bridgehead atoms. The van der Waals surface area contributed by atoms with E-state index in [0.717, 1.165) is 0 Å². The lowest BCUT2D eigenvalue weighted by Crippen LogP contribution is -2.37. The highest BCUT2D eigenvalue weighted by atomic mass is 32.2. The maximum atomic E-state index is 11.0. The van der Waals surface area contributed by atoms with E-state index in [-0.39, 0.29) is 0 Å². The SMILES string of the molecule is CNS(=O)(=O)N(C)CCCN. The largest absolute Gasteiger partial charge is 0.330 e. The molecule has 68 valence electrons. The van der Waals surface area contributed by atoms with E-state index in [1.165, 1.54) is 18.4 Å². The molecule has 0 amide bonds. The van der Waals surface area contributed by atoms with E-state index in [0.29, 0.717) is 19.5 Å². The van der Waals surface area contributed by atoms with E-state index < -0.39 is 10.2 Å². The van der Waals surface area contributed by atoms with E-state index in [1.807, 2.05) is 0 Å². The number of rotatable bonds is 5. The molecule has 0 saturated carbocycles. The maximum Gasteiger partial charge on any atom is 0.278 e. The first-order valence-electron chi connectivity index (χ1n) is 3.39. The van der Waals surface area contributed by atoms with E-state index >= 15 is 0 Å². The van der Waals surface area contributed by atoms with Crippen molar-refractivity contribution in [2.75, 3.05) is 27.2 Å². The summed E-state index contributed by atoms with van der Waals surface area (Å²) >= 11 is 0. The van der Waals surface area contributed by atoms with Gasteiger partial charge in [0.05, 0.1) is 0 Å². The Hall–Kier alpha value is -0.170. The van der Waals surface area contributed by atoms with Crippen LogP contribution in [0.2, 0.25) is 0 Å². The average molecular weight is 181 g/mol. The molecule has 0 atom stereocenters. The molecule has 6 heteroatoms. The zero-order valence-corrected chi connectivity index (χ0v) is 7.69. The van der Waals surface area contributed by atoms with E-state index in [9.17, 15) is 8.42 Å². The van der Waals surface area contributed by atoms with Crippen LogP contribution in [0.25, 0.3) is 0 Å². The Balaban J connectivity index is 3.93. The first kappa shape index (κ1) is 10.8. The predicted octanol–water partition coefficient (Wildman–Crippen LogP) is -1.27. The van der Waals surface area contributed by atoms with Gasteiger partial charge in [-0.05, 0) is 13.0 Å². The lowest BCUT2D eigenvalue weighted by molar-refractivity contribution is 0.457. The molecule has 0 spiro atoms. The summed E-state index contributed by atoms with van der Waals surface area (Å²) in [5, 5.41) is 0. The molecule has 5 nitrogen and oxygen atoms in total. The average Bonchev–Trinajstić information content (AvgIpc) is 2.00. The Morgan fingerprint density at radius 2 is 2.09 bits per heavy atom. The summed E-state index contributed by atoms with van der Waals surface area (Å²) in [6.45, 7) is 0.962. The normalized spacial score (nSPS) is 12.4. The molecule has 0 fully saturated rings. The molecule has 0 heterocycles. The van der Waals surface area contributed by atoms with E-state index in [1.54, 1.807) is 0 Å². The third-order valence-corrected chi connectivity index (χ3v) is 2.86. The lowest BCUT2D eigenvalue weighted by atomic mass is 10.4. The smallest absolute Gasteiger partial charge is 0.278 e. The molecule has 0 aromatic heterocycles. The van der Waals surface area contributed by atoms with Crippen LogP contribution < -0.4 is 10.5 Å². The van der Waals surface area contributed by atoms with Crippen molar-refractivity contribution >= 4 is 10.2 Å². The Morgan fingerprint density at radius 3 is 2.45 bits per heavy atom. The number of nitrogens with zero attached hydrogens (tertiary/aromatic N) is 1. The molecule has 0 aliphatic rings. The highest BCUT2D eigenvalue weighted by molar-refractivity contribution is 7.87. The van der Waals surface area contributed by atoms with Gasteiger partial charge in [-0.1, -0.05) is 0 Å². The molecule has 0 aliphatic heterocycles. The van der Waals surface area contributed by atoms with Crippen LogP contribution in [0.3, 0.4) is 0 Å². The minimum Gasteiger partial charge on any atom is -0.330 e. The molecule has 0 radical (unpaired) electrons. The van der Waals surface area contributed by atoms with Gasteiger partial charge in [0, 0.05) is 20.6 Å². The van der Waals surface area contributed by atoms with Gasteiger partial charge in [-0.15, -0.1) is 0 Å². The van der Waals surface area contributed by atoms with Gasteiger partial charge in [0.2, 0.25) is 0 Å². The predicted molar refractivity (Wildman–Crippen MR) is 44.3 cm³/mol. The fourth-order valence-electron chi connectivity index (χ4n) is 0.590. The number of hydrogen-bond acceptors (Lipinski definition) is 3. The molecule has 0 aliphatic carbocycles. The van der Waals surface area contributed by atoms with Crippen LogP contribution in [0.5, 0.6) is 0 Å². The second-order valence-electron chi connectivity index (χ2n) is 2.17. The Labute approximate surface area is 67.7 Å². The summed E-state index contributed by atoms with van der Waals surface area (Å²) in [6, 6.07) is 0. The van der Waals surface area contributed by atoms with Gasteiger partial charge >= 0.3 is 0 Å². The first-order chi connectivity index (χ1) is 5.04. The van der Waals surface area contributed by atoms with Crippen molar-refractivity contribution < 1.29 is 8.42 Å². The molecular weight excluding hydrogens is 166 g/mol. The summed E-state index contributed by atoms with van der Waals surface area (Å²) in [5.41, 5.74) is 5.22.